The van der Waals surface area contributed by atoms with Gasteiger partial charge in [0, 0.05) is 19.1 Å². The summed E-state index contributed by atoms with van der Waals surface area (Å²) in [5.41, 5.74) is -0.490. The predicted octanol–water partition coefficient (Wildman–Crippen LogP) is 0.882. The average Bonchev–Trinajstić information content (AvgIpc) is 3.02. The van der Waals surface area contributed by atoms with Crippen LogP contribution in [-0.4, -0.2) is 41.2 Å². The number of aliphatic carboxylic acids is 1. The highest BCUT2D eigenvalue weighted by atomic mass is 19.1. The van der Waals surface area contributed by atoms with E-state index < -0.39 is 40.3 Å². The van der Waals surface area contributed by atoms with E-state index in [0.29, 0.717) is 13.0 Å². The van der Waals surface area contributed by atoms with Gasteiger partial charge < -0.3 is 15.2 Å². The second kappa shape index (κ2) is 7.14. The van der Waals surface area contributed by atoms with Crippen LogP contribution in [0, 0.1) is 21.8 Å². The average molecular weight is 326 g/mol. The topological polar surface area (TPSA) is 119 Å². The molecule has 1 aromatic rings. The maximum Gasteiger partial charge on any atom is 0.326 e. The first-order chi connectivity index (χ1) is 10.9. The van der Waals surface area contributed by atoms with E-state index in [1.807, 2.05) is 0 Å². The zero-order valence-electron chi connectivity index (χ0n) is 12.0. The van der Waals surface area contributed by atoms with Crippen molar-refractivity contribution in [3.05, 3.63) is 39.7 Å². The highest BCUT2D eigenvalue weighted by molar-refractivity contribution is 5.85. The molecule has 8 nitrogen and oxygen atoms in total. The molecular formula is C14H15FN2O6. The minimum absolute atomic E-state index is 0.185. The summed E-state index contributed by atoms with van der Waals surface area (Å²) in [6.07, 6.45) is 0.329. The minimum Gasteiger partial charge on any atom is -0.480 e. The number of nitro groups is 1. The Labute approximate surface area is 130 Å². The molecular weight excluding hydrogens is 311 g/mol. The molecule has 1 fully saturated rings. The summed E-state index contributed by atoms with van der Waals surface area (Å²) in [5.74, 6) is -3.12. The molecule has 1 saturated heterocycles. The van der Waals surface area contributed by atoms with E-state index in [1.54, 1.807) is 0 Å². The molecule has 1 aliphatic rings. The lowest BCUT2D eigenvalue weighted by Gasteiger charge is -2.17. The Balaban J connectivity index is 2.10. The van der Waals surface area contributed by atoms with Crippen molar-refractivity contribution in [3.8, 4) is 0 Å². The number of carbonyl (C=O) groups is 2. The normalized spacial score (nSPS) is 18.4. The van der Waals surface area contributed by atoms with E-state index in [2.05, 4.69) is 5.32 Å². The Bertz CT molecular complexity index is 630. The first-order valence-corrected chi connectivity index (χ1v) is 6.92. The number of halogens is 1. The SMILES string of the molecule is O=C(N[C@H](Cc1ccc(F)c([N+](=O)[O-])c1)C(=O)O)[C@@H]1CCOC1. The Hall–Kier alpha value is -2.55. The maximum absolute atomic E-state index is 13.3. The van der Waals surface area contributed by atoms with Crippen LogP contribution >= 0.6 is 0 Å². The Morgan fingerprint density at radius 3 is 2.83 bits per heavy atom. The standard InChI is InChI=1S/C14H15FN2O6/c15-10-2-1-8(6-12(10)17(21)22)5-11(14(19)20)16-13(18)9-3-4-23-7-9/h1-2,6,9,11H,3-5,7H2,(H,16,18)(H,19,20)/t9-,11-/m1/s1. The van der Waals surface area contributed by atoms with Gasteiger partial charge in [0.1, 0.15) is 6.04 Å². The number of carboxylic acid groups (broad SMARTS) is 1. The largest absolute Gasteiger partial charge is 0.480 e. The van der Waals surface area contributed by atoms with E-state index in [0.717, 1.165) is 12.1 Å². The van der Waals surface area contributed by atoms with Crippen LogP contribution < -0.4 is 5.32 Å². The molecule has 0 spiro atoms. The zero-order valence-corrected chi connectivity index (χ0v) is 12.0. The second-order valence-electron chi connectivity index (χ2n) is 5.21. The fourth-order valence-corrected chi connectivity index (χ4v) is 2.29. The molecule has 0 aliphatic carbocycles. The third kappa shape index (κ3) is 4.22. The van der Waals surface area contributed by atoms with Crippen molar-refractivity contribution in [2.75, 3.05) is 13.2 Å². The van der Waals surface area contributed by atoms with Gasteiger partial charge in [-0.25, -0.2) is 4.79 Å². The number of carboxylic acids is 1. The number of nitrogens with zero attached hydrogens (tertiary/aromatic N) is 1. The van der Waals surface area contributed by atoms with Gasteiger partial charge in [-0.1, -0.05) is 6.07 Å². The van der Waals surface area contributed by atoms with E-state index >= 15 is 0 Å². The molecule has 0 unspecified atom stereocenters. The van der Waals surface area contributed by atoms with E-state index in [-0.39, 0.29) is 18.6 Å². The van der Waals surface area contributed by atoms with Crippen LogP contribution in [0.3, 0.4) is 0 Å². The van der Waals surface area contributed by atoms with Gasteiger partial charge in [0.25, 0.3) is 0 Å². The smallest absolute Gasteiger partial charge is 0.326 e. The number of carbonyl (C=O) groups excluding carboxylic acids is 1. The molecule has 0 aromatic heterocycles. The number of nitrogens with one attached hydrogen (secondary N) is 1. The summed E-state index contributed by atoms with van der Waals surface area (Å²) in [6, 6.07) is 1.87. The number of hydrogen-bond acceptors (Lipinski definition) is 5. The number of rotatable bonds is 6. The highest BCUT2D eigenvalue weighted by Crippen LogP contribution is 2.20. The maximum atomic E-state index is 13.3. The fourth-order valence-electron chi connectivity index (χ4n) is 2.29. The highest BCUT2D eigenvalue weighted by Gasteiger charge is 2.28. The van der Waals surface area contributed by atoms with Gasteiger partial charge in [-0.3, -0.25) is 14.9 Å². The summed E-state index contributed by atoms with van der Waals surface area (Å²) >= 11 is 0. The van der Waals surface area contributed by atoms with Gasteiger partial charge >= 0.3 is 11.7 Å². The van der Waals surface area contributed by atoms with Crippen LogP contribution in [0.5, 0.6) is 0 Å². The Morgan fingerprint density at radius 1 is 1.52 bits per heavy atom. The number of ether oxygens (including phenoxy) is 1. The second-order valence-corrected chi connectivity index (χ2v) is 5.21. The minimum atomic E-state index is -1.27. The summed E-state index contributed by atoms with van der Waals surface area (Å²) in [7, 11) is 0. The van der Waals surface area contributed by atoms with Crippen molar-refractivity contribution in [3.63, 3.8) is 0 Å². The third-order valence-electron chi connectivity index (χ3n) is 3.56. The zero-order chi connectivity index (χ0) is 17.0. The Kier molecular flexibility index (Phi) is 5.22. The van der Waals surface area contributed by atoms with Gasteiger partial charge in [-0.2, -0.15) is 4.39 Å². The number of benzene rings is 1. The fraction of sp³-hybridized carbons (Fsp3) is 0.429. The van der Waals surface area contributed by atoms with Crippen molar-refractivity contribution in [2.45, 2.75) is 18.9 Å². The molecule has 2 rings (SSSR count). The summed E-state index contributed by atoms with van der Waals surface area (Å²) < 4.78 is 18.4. The first-order valence-electron chi connectivity index (χ1n) is 6.92. The molecule has 1 aromatic carbocycles. The van der Waals surface area contributed by atoms with Crippen LogP contribution in [0.4, 0.5) is 10.1 Å². The van der Waals surface area contributed by atoms with E-state index in [4.69, 9.17) is 4.74 Å². The van der Waals surface area contributed by atoms with Crippen molar-refractivity contribution < 1.29 is 28.7 Å². The molecule has 124 valence electrons. The number of nitro benzene ring substituents is 1. The van der Waals surface area contributed by atoms with Crippen LogP contribution in [0.1, 0.15) is 12.0 Å². The third-order valence-corrected chi connectivity index (χ3v) is 3.56. The lowest BCUT2D eigenvalue weighted by molar-refractivity contribution is -0.387. The molecule has 23 heavy (non-hydrogen) atoms. The van der Waals surface area contributed by atoms with Gasteiger partial charge in [-0.15, -0.1) is 0 Å². The van der Waals surface area contributed by atoms with Gasteiger partial charge in [-0.05, 0) is 18.1 Å². The van der Waals surface area contributed by atoms with E-state index in [1.165, 1.54) is 6.07 Å². The van der Waals surface area contributed by atoms with Crippen molar-refractivity contribution in [1.29, 1.82) is 0 Å². The van der Waals surface area contributed by atoms with Crippen molar-refractivity contribution in [1.82, 2.24) is 5.32 Å². The van der Waals surface area contributed by atoms with Gasteiger partial charge in [0.15, 0.2) is 0 Å². The molecule has 2 N–H and O–H groups in total. The van der Waals surface area contributed by atoms with Crippen LogP contribution in [0.15, 0.2) is 18.2 Å². The monoisotopic (exact) mass is 326 g/mol. The van der Waals surface area contributed by atoms with E-state index in [9.17, 15) is 29.2 Å². The number of amides is 1. The molecule has 1 aliphatic heterocycles. The van der Waals surface area contributed by atoms with Gasteiger partial charge in [0.05, 0.1) is 17.4 Å². The summed E-state index contributed by atoms with van der Waals surface area (Å²) in [6.45, 7) is 0.681. The lowest BCUT2D eigenvalue weighted by Crippen LogP contribution is -2.45. The van der Waals surface area contributed by atoms with Crippen molar-refractivity contribution >= 4 is 17.6 Å². The van der Waals surface area contributed by atoms with Crippen LogP contribution in [0.25, 0.3) is 0 Å². The summed E-state index contributed by atoms with van der Waals surface area (Å²) in [4.78, 5) is 33.1. The Morgan fingerprint density at radius 2 is 2.26 bits per heavy atom. The van der Waals surface area contributed by atoms with Crippen molar-refractivity contribution in [2.24, 2.45) is 5.92 Å². The van der Waals surface area contributed by atoms with Crippen LogP contribution in [0.2, 0.25) is 0 Å². The molecule has 9 heteroatoms. The summed E-state index contributed by atoms with van der Waals surface area (Å²) in [5, 5.41) is 22.3. The molecule has 1 heterocycles. The van der Waals surface area contributed by atoms with Gasteiger partial charge in [0.2, 0.25) is 11.7 Å². The number of hydrogen-bond donors (Lipinski definition) is 2. The first kappa shape index (κ1) is 16.8. The molecule has 0 saturated carbocycles. The lowest BCUT2D eigenvalue weighted by atomic mass is 10.0. The predicted molar refractivity (Wildman–Crippen MR) is 75.3 cm³/mol. The molecule has 2 atom stereocenters. The molecule has 0 radical (unpaired) electrons. The molecule has 1 amide bonds. The molecule has 0 bridgehead atoms. The quantitative estimate of drug-likeness (QED) is 0.592. The van der Waals surface area contributed by atoms with Crippen LogP contribution in [-0.2, 0) is 20.7 Å².